The molecule has 0 saturated carbocycles. The van der Waals surface area contributed by atoms with E-state index in [1.807, 2.05) is 30.3 Å². The van der Waals surface area contributed by atoms with Crippen LogP contribution in [0, 0.1) is 0 Å². The number of aliphatic carboxylic acids is 1. The van der Waals surface area contributed by atoms with Crippen molar-refractivity contribution in [2.24, 2.45) is 0 Å². The molecule has 7 heteroatoms. The van der Waals surface area contributed by atoms with E-state index < -0.39 is 16.2 Å². The van der Waals surface area contributed by atoms with E-state index in [0.29, 0.717) is 12.8 Å². The summed E-state index contributed by atoms with van der Waals surface area (Å²) >= 11 is 0. The Morgan fingerprint density at radius 1 is 1.30 bits per heavy atom. The van der Waals surface area contributed by atoms with Gasteiger partial charge in [0.15, 0.2) is 0 Å². The van der Waals surface area contributed by atoms with E-state index >= 15 is 0 Å². The van der Waals surface area contributed by atoms with Gasteiger partial charge in [0.25, 0.3) is 10.2 Å². The van der Waals surface area contributed by atoms with Crippen LogP contribution in [0.4, 0.5) is 0 Å². The lowest BCUT2D eigenvalue weighted by molar-refractivity contribution is -0.137. The number of rotatable bonds is 9. The number of hydrogen-bond acceptors (Lipinski definition) is 3. The van der Waals surface area contributed by atoms with Crippen molar-refractivity contribution in [3.63, 3.8) is 0 Å². The second-order valence-electron chi connectivity index (χ2n) is 4.62. The second kappa shape index (κ2) is 7.98. The molecule has 0 fully saturated rings. The molecule has 0 aliphatic carbocycles. The average molecular weight is 300 g/mol. The first-order valence-corrected chi connectivity index (χ1v) is 7.90. The van der Waals surface area contributed by atoms with Gasteiger partial charge in [0.1, 0.15) is 0 Å². The van der Waals surface area contributed by atoms with E-state index in [1.165, 1.54) is 0 Å². The highest BCUT2D eigenvalue weighted by atomic mass is 32.2. The van der Waals surface area contributed by atoms with Gasteiger partial charge in [0, 0.05) is 19.0 Å². The Balaban J connectivity index is 2.35. The molecule has 1 atom stereocenters. The highest BCUT2D eigenvalue weighted by Crippen LogP contribution is 2.02. The highest BCUT2D eigenvalue weighted by Gasteiger charge is 2.13. The summed E-state index contributed by atoms with van der Waals surface area (Å²) in [7, 11) is -3.58. The Hall–Kier alpha value is -1.44. The number of nitrogens with one attached hydrogen (secondary N) is 2. The van der Waals surface area contributed by atoms with Crippen LogP contribution in [0.25, 0.3) is 0 Å². The van der Waals surface area contributed by atoms with Crippen LogP contribution in [-0.4, -0.2) is 25.5 Å². The van der Waals surface area contributed by atoms with Gasteiger partial charge >= 0.3 is 5.97 Å². The highest BCUT2D eigenvalue weighted by molar-refractivity contribution is 7.87. The lowest BCUT2D eigenvalue weighted by atomic mass is 10.1. The van der Waals surface area contributed by atoms with Gasteiger partial charge in [0.2, 0.25) is 0 Å². The van der Waals surface area contributed by atoms with Crippen LogP contribution in [-0.2, 0) is 21.5 Å². The molecule has 6 nitrogen and oxygen atoms in total. The molecule has 0 aromatic heterocycles. The summed E-state index contributed by atoms with van der Waals surface area (Å²) in [6.45, 7) is 1.93. The zero-order chi connectivity index (χ0) is 15.0. The first kappa shape index (κ1) is 16.6. The molecular weight excluding hydrogens is 280 g/mol. The van der Waals surface area contributed by atoms with E-state index in [4.69, 9.17) is 5.11 Å². The van der Waals surface area contributed by atoms with Gasteiger partial charge in [-0.3, -0.25) is 4.79 Å². The normalized spacial score (nSPS) is 13.1. The molecule has 1 unspecified atom stereocenters. The zero-order valence-electron chi connectivity index (χ0n) is 11.4. The molecule has 0 heterocycles. The van der Waals surface area contributed by atoms with Crippen LogP contribution < -0.4 is 9.44 Å². The Morgan fingerprint density at radius 2 is 1.95 bits per heavy atom. The molecule has 0 saturated heterocycles. The number of carboxylic acids is 1. The minimum atomic E-state index is -3.58. The summed E-state index contributed by atoms with van der Waals surface area (Å²) in [6, 6.07) is 8.90. The van der Waals surface area contributed by atoms with Crippen LogP contribution in [0.1, 0.15) is 31.7 Å². The van der Waals surface area contributed by atoms with Crippen molar-refractivity contribution in [2.75, 3.05) is 0 Å². The molecule has 0 bridgehead atoms. The maximum absolute atomic E-state index is 11.8. The van der Waals surface area contributed by atoms with Gasteiger partial charge in [-0.2, -0.15) is 17.9 Å². The molecule has 112 valence electrons. The fourth-order valence-corrected chi connectivity index (χ4v) is 2.79. The van der Waals surface area contributed by atoms with E-state index in [2.05, 4.69) is 9.44 Å². The van der Waals surface area contributed by atoms with Crippen LogP contribution in [0.15, 0.2) is 30.3 Å². The predicted molar refractivity (Wildman–Crippen MR) is 76.3 cm³/mol. The third-order valence-corrected chi connectivity index (χ3v) is 3.93. The maximum atomic E-state index is 11.8. The molecule has 1 aromatic rings. The number of benzene rings is 1. The zero-order valence-corrected chi connectivity index (χ0v) is 12.2. The Kier molecular flexibility index (Phi) is 6.63. The van der Waals surface area contributed by atoms with Crippen LogP contribution in [0.5, 0.6) is 0 Å². The fourth-order valence-electron chi connectivity index (χ4n) is 1.70. The molecule has 0 aliphatic heterocycles. The summed E-state index contributed by atoms with van der Waals surface area (Å²) in [5, 5.41) is 8.52. The van der Waals surface area contributed by atoms with Crippen molar-refractivity contribution < 1.29 is 18.3 Å². The summed E-state index contributed by atoms with van der Waals surface area (Å²) in [6.07, 6.45) is 0.972. The van der Waals surface area contributed by atoms with Gasteiger partial charge in [-0.15, -0.1) is 0 Å². The molecule has 0 spiro atoms. The third kappa shape index (κ3) is 7.22. The van der Waals surface area contributed by atoms with Gasteiger partial charge in [0.05, 0.1) is 0 Å². The molecular formula is C13H20N2O4S. The monoisotopic (exact) mass is 300 g/mol. The molecule has 0 amide bonds. The van der Waals surface area contributed by atoms with Crippen molar-refractivity contribution in [1.82, 2.24) is 9.44 Å². The molecule has 20 heavy (non-hydrogen) atoms. The van der Waals surface area contributed by atoms with Gasteiger partial charge in [-0.25, -0.2) is 0 Å². The van der Waals surface area contributed by atoms with Crippen molar-refractivity contribution >= 4 is 16.2 Å². The smallest absolute Gasteiger partial charge is 0.303 e. The van der Waals surface area contributed by atoms with Crippen LogP contribution in [0.2, 0.25) is 0 Å². The SMILES string of the molecule is CC(CCCC(=O)O)NS(=O)(=O)NCc1ccccc1. The van der Waals surface area contributed by atoms with E-state index in [9.17, 15) is 13.2 Å². The van der Waals surface area contributed by atoms with Crippen LogP contribution in [0.3, 0.4) is 0 Å². The van der Waals surface area contributed by atoms with Crippen molar-refractivity contribution in [1.29, 1.82) is 0 Å². The summed E-state index contributed by atoms with van der Waals surface area (Å²) in [5.41, 5.74) is 0.872. The fraction of sp³-hybridized carbons (Fsp3) is 0.462. The van der Waals surface area contributed by atoms with Crippen LogP contribution >= 0.6 is 0 Å². The van der Waals surface area contributed by atoms with Gasteiger partial charge in [-0.05, 0) is 25.3 Å². The topological polar surface area (TPSA) is 95.5 Å². The first-order chi connectivity index (χ1) is 9.39. The number of carbonyl (C=O) groups is 1. The minimum Gasteiger partial charge on any atom is -0.481 e. The Morgan fingerprint density at radius 3 is 2.55 bits per heavy atom. The molecule has 3 N–H and O–H groups in total. The molecule has 1 rings (SSSR count). The van der Waals surface area contributed by atoms with E-state index in [0.717, 1.165) is 5.56 Å². The summed E-state index contributed by atoms with van der Waals surface area (Å²) < 4.78 is 28.5. The lowest BCUT2D eigenvalue weighted by Gasteiger charge is -2.14. The van der Waals surface area contributed by atoms with E-state index in [-0.39, 0.29) is 19.0 Å². The maximum Gasteiger partial charge on any atom is 0.303 e. The van der Waals surface area contributed by atoms with E-state index in [1.54, 1.807) is 6.92 Å². The minimum absolute atomic E-state index is 0.0452. The molecule has 1 aromatic carbocycles. The van der Waals surface area contributed by atoms with Crippen molar-refractivity contribution in [3.8, 4) is 0 Å². The standard InChI is InChI=1S/C13H20N2O4S/c1-11(6-5-9-13(16)17)15-20(18,19)14-10-12-7-3-2-4-8-12/h2-4,7-8,11,14-15H,5-6,9-10H2,1H3,(H,16,17). The Labute approximate surface area is 119 Å². The number of carboxylic acid groups (broad SMARTS) is 1. The summed E-state index contributed by atoms with van der Waals surface area (Å²) in [5.74, 6) is -0.873. The first-order valence-electron chi connectivity index (χ1n) is 6.41. The lowest BCUT2D eigenvalue weighted by Crippen LogP contribution is -2.41. The molecule has 0 radical (unpaired) electrons. The van der Waals surface area contributed by atoms with Crippen molar-refractivity contribution in [2.45, 2.75) is 38.8 Å². The second-order valence-corrected chi connectivity index (χ2v) is 6.15. The number of hydrogen-bond donors (Lipinski definition) is 3. The average Bonchev–Trinajstić information content (AvgIpc) is 2.37. The third-order valence-electron chi connectivity index (χ3n) is 2.69. The van der Waals surface area contributed by atoms with Gasteiger partial charge < -0.3 is 5.11 Å². The van der Waals surface area contributed by atoms with Crippen molar-refractivity contribution in [3.05, 3.63) is 35.9 Å². The predicted octanol–water partition coefficient (Wildman–Crippen LogP) is 1.25. The quantitative estimate of drug-likeness (QED) is 0.639. The summed E-state index contributed by atoms with van der Waals surface area (Å²) in [4.78, 5) is 10.4. The van der Waals surface area contributed by atoms with Gasteiger partial charge in [-0.1, -0.05) is 30.3 Å². The largest absolute Gasteiger partial charge is 0.481 e. The molecule has 0 aliphatic rings. The Bertz CT molecular complexity index is 516.